The van der Waals surface area contributed by atoms with Crippen LogP contribution in [-0.2, 0) is 0 Å². The molecule has 0 saturated carbocycles. The first kappa shape index (κ1) is 17.2. The Morgan fingerprint density at radius 2 is 1.40 bits per heavy atom. The summed E-state index contributed by atoms with van der Waals surface area (Å²) in [6, 6.07) is 25.0. The van der Waals surface area contributed by atoms with Gasteiger partial charge in [0.05, 0.1) is 6.54 Å². The monoisotopic (exact) mass is 353 g/mol. The number of hydrogen-bond donors (Lipinski definition) is 1. The van der Waals surface area contributed by atoms with Crippen LogP contribution in [0, 0.1) is 0 Å². The van der Waals surface area contributed by atoms with E-state index in [1.165, 1.54) is 0 Å². The zero-order valence-electron chi connectivity index (χ0n) is 14.0. The van der Waals surface area contributed by atoms with Crippen molar-refractivity contribution in [1.29, 1.82) is 0 Å². The molecule has 0 amide bonds. The highest BCUT2D eigenvalue weighted by Crippen LogP contribution is 2.23. The van der Waals surface area contributed by atoms with Crippen molar-refractivity contribution >= 4 is 17.3 Å². The molecular weight excluding hydrogens is 334 g/mol. The summed E-state index contributed by atoms with van der Waals surface area (Å²) in [4.78, 5) is 0. The lowest BCUT2D eigenvalue weighted by molar-refractivity contribution is 0.235. The average molecular weight is 354 g/mol. The summed E-state index contributed by atoms with van der Waals surface area (Å²) in [7, 11) is 0. The largest absolute Gasteiger partial charge is 0.489 e. The zero-order chi connectivity index (χ0) is 17.5. The van der Waals surface area contributed by atoms with Gasteiger partial charge in [0.25, 0.3) is 0 Å². The van der Waals surface area contributed by atoms with Crippen LogP contribution in [0.15, 0.2) is 78.9 Å². The minimum Gasteiger partial charge on any atom is -0.489 e. The van der Waals surface area contributed by atoms with E-state index in [1.807, 2.05) is 85.8 Å². The van der Waals surface area contributed by atoms with Crippen LogP contribution in [-0.4, -0.2) is 12.6 Å². The Hall–Kier alpha value is -2.65. The van der Waals surface area contributed by atoms with Crippen LogP contribution in [0.5, 0.6) is 17.2 Å². The van der Waals surface area contributed by atoms with Gasteiger partial charge in [-0.3, -0.25) is 0 Å². The fourth-order valence-corrected chi connectivity index (χ4v) is 2.44. The van der Waals surface area contributed by atoms with Crippen LogP contribution >= 0.6 is 11.6 Å². The van der Waals surface area contributed by atoms with Gasteiger partial charge in [0, 0.05) is 10.7 Å². The average Bonchev–Trinajstić information content (AvgIpc) is 2.64. The number of ether oxygens (including phenoxy) is 2. The molecule has 0 aliphatic rings. The van der Waals surface area contributed by atoms with Crippen LogP contribution < -0.4 is 14.8 Å². The van der Waals surface area contributed by atoms with E-state index in [0.717, 1.165) is 22.9 Å². The van der Waals surface area contributed by atoms with Gasteiger partial charge in [-0.2, -0.15) is 0 Å². The number of hydrogen-bond acceptors (Lipinski definition) is 3. The fraction of sp³-hybridized carbons (Fsp3) is 0.143. The van der Waals surface area contributed by atoms with Crippen LogP contribution in [0.2, 0.25) is 5.02 Å². The maximum absolute atomic E-state index is 5.88. The van der Waals surface area contributed by atoms with Crippen LogP contribution in [0.3, 0.4) is 0 Å². The molecule has 128 valence electrons. The minimum absolute atomic E-state index is 0.0291. The molecule has 0 fully saturated rings. The Bertz CT molecular complexity index is 773. The van der Waals surface area contributed by atoms with E-state index in [4.69, 9.17) is 21.1 Å². The third-order valence-electron chi connectivity index (χ3n) is 3.58. The van der Waals surface area contributed by atoms with Crippen LogP contribution in [0.4, 0.5) is 5.69 Å². The lowest BCUT2D eigenvalue weighted by Crippen LogP contribution is -2.22. The van der Waals surface area contributed by atoms with Crippen LogP contribution in [0.1, 0.15) is 6.92 Å². The Morgan fingerprint density at radius 1 is 0.800 bits per heavy atom. The Balaban J connectivity index is 1.48. The molecular formula is C21H20ClNO2. The second kappa shape index (κ2) is 8.45. The number of anilines is 1. The summed E-state index contributed by atoms with van der Waals surface area (Å²) in [6.45, 7) is 2.72. The van der Waals surface area contributed by atoms with Gasteiger partial charge in [0.2, 0.25) is 0 Å². The summed E-state index contributed by atoms with van der Waals surface area (Å²) in [5.74, 6) is 2.45. The predicted octanol–water partition coefficient (Wildman–Crippen LogP) is 6.01. The number of halogens is 1. The van der Waals surface area contributed by atoms with Gasteiger partial charge >= 0.3 is 0 Å². The molecule has 1 atom stereocenters. The molecule has 1 N–H and O–H groups in total. The van der Waals surface area contributed by atoms with Crippen molar-refractivity contribution < 1.29 is 9.47 Å². The van der Waals surface area contributed by atoms with E-state index in [1.54, 1.807) is 0 Å². The van der Waals surface area contributed by atoms with Gasteiger partial charge in [-0.25, -0.2) is 0 Å². The van der Waals surface area contributed by atoms with Gasteiger partial charge in [0.1, 0.15) is 23.4 Å². The first-order valence-electron chi connectivity index (χ1n) is 8.18. The number of nitrogens with one attached hydrogen (secondary N) is 1. The predicted molar refractivity (Wildman–Crippen MR) is 103 cm³/mol. The van der Waals surface area contributed by atoms with Gasteiger partial charge in [-0.05, 0) is 67.6 Å². The van der Waals surface area contributed by atoms with E-state index in [0.29, 0.717) is 11.6 Å². The van der Waals surface area contributed by atoms with E-state index in [2.05, 4.69) is 5.32 Å². The van der Waals surface area contributed by atoms with Gasteiger partial charge in [0.15, 0.2) is 0 Å². The molecule has 0 radical (unpaired) electrons. The summed E-state index contributed by atoms with van der Waals surface area (Å²) >= 11 is 5.88. The summed E-state index contributed by atoms with van der Waals surface area (Å²) in [5.41, 5.74) is 1.02. The van der Waals surface area contributed by atoms with E-state index in [-0.39, 0.29) is 6.10 Å². The second-order valence-electron chi connectivity index (χ2n) is 5.70. The van der Waals surface area contributed by atoms with Crippen molar-refractivity contribution in [2.24, 2.45) is 0 Å². The smallest absolute Gasteiger partial charge is 0.127 e. The Kier molecular flexibility index (Phi) is 5.81. The van der Waals surface area contributed by atoms with E-state index >= 15 is 0 Å². The van der Waals surface area contributed by atoms with Gasteiger partial charge < -0.3 is 14.8 Å². The van der Waals surface area contributed by atoms with Crippen LogP contribution in [0.25, 0.3) is 0 Å². The topological polar surface area (TPSA) is 30.5 Å². The summed E-state index contributed by atoms with van der Waals surface area (Å²) < 4.78 is 11.6. The minimum atomic E-state index is 0.0291. The molecule has 0 aliphatic carbocycles. The SMILES string of the molecule is CC(CNc1ccc(Oc2ccccc2)cc1)Oc1ccc(Cl)cc1. The highest BCUT2D eigenvalue weighted by Gasteiger charge is 2.04. The van der Waals surface area contributed by atoms with Gasteiger partial charge in [-0.1, -0.05) is 29.8 Å². The lowest BCUT2D eigenvalue weighted by Gasteiger charge is -2.16. The normalized spacial score (nSPS) is 11.6. The molecule has 0 heterocycles. The van der Waals surface area contributed by atoms with Crippen molar-refractivity contribution in [2.45, 2.75) is 13.0 Å². The second-order valence-corrected chi connectivity index (χ2v) is 6.14. The Labute approximate surface area is 153 Å². The molecule has 3 nitrogen and oxygen atoms in total. The molecule has 3 rings (SSSR count). The molecule has 4 heteroatoms. The maximum Gasteiger partial charge on any atom is 0.127 e. The molecule has 0 aromatic heterocycles. The summed E-state index contributed by atoms with van der Waals surface area (Å²) in [5, 5.41) is 4.07. The third-order valence-corrected chi connectivity index (χ3v) is 3.83. The van der Waals surface area contributed by atoms with Gasteiger partial charge in [-0.15, -0.1) is 0 Å². The summed E-state index contributed by atoms with van der Waals surface area (Å²) in [6.07, 6.45) is 0.0291. The molecule has 0 bridgehead atoms. The van der Waals surface area contributed by atoms with Crippen molar-refractivity contribution in [2.75, 3.05) is 11.9 Å². The zero-order valence-corrected chi connectivity index (χ0v) is 14.7. The molecule has 3 aromatic carbocycles. The maximum atomic E-state index is 5.88. The molecule has 0 aliphatic heterocycles. The standard InChI is InChI=1S/C21H20ClNO2/c1-16(24-20-11-7-17(22)8-12-20)15-23-18-9-13-21(14-10-18)25-19-5-3-2-4-6-19/h2-14,16,23H,15H2,1H3. The highest BCUT2D eigenvalue weighted by molar-refractivity contribution is 6.30. The van der Waals surface area contributed by atoms with Crippen molar-refractivity contribution in [3.8, 4) is 17.2 Å². The third kappa shape index (κ3) is 5.44. The van der Waals surface area contributed by atoms with E-state index < -0.39 is 0 Å². The number of para-hydroxylation sites is 1. The van der Waals surface area contributed by atoms with Crippen molar-refractivity contribution in [1.82, 2.24) is 0 Å². The molecule has 0 saturated heterocycles. The number of rotatable bonds is 7. The lowest BCUT2D eigenvalue weighted by atomic mass is 10.3. The Morgan fingerprint density at radius 3 is 2.08 bits per heavy atom. The quantitative estimate of drug-likeness (QED) is 0.564. The molecule has 25 heavy (non-hydrogen) atoms. The molecule has 3 aromatic rings. The molecule has 0 spiro atoms. The first-order valence-corrected chi connectivity index (χ1v) is 8.56. The van der Waals surface area contributed by atoms with Crippen molar-refractivity contribution in [3.63, 3.8) is 0 Å². The highest BCUT2D eigenvalue weighted by atomic mass is 35.5. The van der Waals surface area contributed by atoms with Crippen molar-refractivity contribution in [3.05, 3.63) is 83.9 Å². The fourth-order valence-electron chi connectivity index (χ4n) is 2.31. The number of benzene rings is 3. The first-order chi connectivity index (χ1) is 12.2. The molecule has 1 unspecified atom stereocenters. The van der Waals surface area contributed by atoms with E-state index in [9.17, 15) is 0 Å².